The monoisotopic (exact) mass is 284 g/mol. The molecule has 0 amide bonds. The van der Waals surface area contributed by atoms with Crippen molar-refractivity contribution in [3.63, 3.8) is 0 Å². The lowest BCUT2D eigenvalue weighted by molar-refractivity contribution is -0.385. The second-order valence-electron chi connectivity index (χ2n) is 3.96. The summed E-state index contributed by atoms with van der Waals surface area (Å²) in [6.07, 6.45) is -0.203. The molecule has 0 aliphatic carbocycles. The maximum atomic E-state index is 11.4. The average Bonchev–Trinajstić information content (AvgIpc) is 2.38. The first-order valence-electron chi connectivity index (χ1n) is 5.87. The highest BCUT2D eigenvalue weighted by molar-refractivity contribution is 5.71. The lowest BCUT2D eigenvalue weighted by Gasteiger charge is -2.14. The standard InChI is InChI=1S/C12H16N2O6/c1-3-20-11(15)6-9(13)8-4-7(14(17)18)5-10(19-2)12(8)16/h4-5,9,16H,3,6,13H2,1-2H3/t9-/m1/s1. The molecule has 8 nitrogen and oxygen atoms in total. The van der Waals surface area contributed by atoms with Gasteiger partial charge in [0.1, 0.15) is 0 Å². The van der Waals surface area contributed by atoms with E-state index >= 15 is 0 Å². The van der Waals surface area contributed by atoms with Crippen LogP contribution in [0.2, 0.25) is 0 Å². The number of nitrogens with two attached hydrogens (primary N) is 1. The minimum absolute atomic E-state index is 0.0594. The number of aromatic hydroxyl groups is 1. The van der Waals surface area contributed by atoms with E-state index in [0.29, 0.717) is 0 Å². The minimum atomic E-state index is -0.928. The van der Waals surface area contributed by atoms with Crippen LogP contribution in [0.5, 0.6) is 11.5 Å². The van der Waals surface area contributed by atoms with Gasteiger partial charge >= 0.3 is 5.97 Å². The van der Waals surface area contributed by atoms with Crippen LogP contribution in [0.25, 0.3) is 0 Å². The molecule has 0 fully saturated rings. The molecule has 1 rings (SSSR count). The summed E-state index contributed by atoms with van der Waals surface area (Å²) in [4.78, 5) is 21.5. The highest BCUT2D eigenvalue weighted by Crippen LogP contribution is 2.37. The molecule has 20 heavy (non-hydrogen) atoms. The van der Waals surface area contributed by atoms with Crippen LogP contribution in [-0.4, -0.2) is 29.7 Å². The zero-order valence-corrected chi connectivity index (χ0v) is 11.2. The number of esters is 1. The molecule has 110 valence electrons. The molecule has 0 aromatic heterocycles. The zero-order chi connectivity index (χ0) is 15.3. The quantitative estimate of drug-likeness (QED) is 0.457. The molecule has 1 aromatic carbocycles. The largest absolute Gasteiger partial charge is 0.504 e. The number of non-ortho nitro benzene ring substituents is 1. The molecule has 3 N–H and O–H groups in total. The van der Waals surface area contributed by atoms with Gasteiger partial charge in [-0.15, -0.1) is 0 Å². The van der Waals surface area contributed by atoms with Gasteiger partial charge in [-0.3, -0.25) is 14.9 Å². The van der Waals surface area contributed by atoms with E-state index in [0.717, 1.165) is 12.1 Å². The van der Waals surface area contributed by atoms with Crippen LogP contribution in [-0.2, 0) is 9.53 Å². The van der Waals surface area contributed by atoms with Crippen LogP contribution in [0.1, 0.15) is 24.9 Å². The van der Waals surface area contributed by atoms with Crippen LogP contribution < -0.4 is 10.5 Å². The average molecular weight is 284 g/mol. The predicted molar refractivity (Wildman–Crippen MR) is 69.5 cm³/mol. The Labute approximate surface area is 115 Å². The smallest absolute Gasteiger partial charge is 0.307 e. The van der Waals surface area contributed by atoms with Crippen molar-refractivity contribution >= 4 is 11.7 Å². The Hall–Kier alpha value is -2.35. The van der Waals surface area contributed by atoms with Crippen LogP contribution in [0, 0.1) is 10.1 Å². The van der Waals surface area contributed by atoms with Crippen LogP contribution in [0.4, 0.5) is 5.69 Å². The summed E-state index contributed by atoms with van der Waals surface area (Å²) < 4.78 is 9.60. The van der Waals surface area contributed by atoms with Crippen molar-refractivity contribution < 1.29 is 24.3 Å². The number of rotatable bonds is 6. The molecule has 1 atom stereocenters. The fourth-order valence-electron chi connectivity index (χ4n) is 1.67. The molecule has 0 saturated heterocycles. The van der Waals surface area contributed by atoms with Crippen LogP contribution in [0.3, 0.4) is 0 Å². The summed E-state index contributed by atoms with van der Waals surface area (Å²) in [5, 5.41) is 20.7. The van der Waals surface area contributed by atoms with Gasteiger partial charge in [-0.05, 0) is 6.92 Å². The summed E-state index contributed by atoms with van der Waals surface area (Å²) in [5.74, 6) is -0.951. The molecule has 0 aliphatic heterocycles. The van der Waals surface area contributed by atoms with Gasteiger partial charge in [0.25, 0.3) is 5.69 Å². The van der Waals surface area contributed by atoms with Gasteiger partial charge in [0, 0.05) is 17.7 Å². The molecule has 0 spiro atoms. The maximum Gasteiger partial charge on any atom is 0.307 e. The highest BCUT2D eigenvalue weighted by atomic mass is 16.6. The molecule has 0 unspecified atom stereocenters. The van der Waals surface area contributed by atoms with Gasteiger partial charge in [-0.1, -0.05) is 0 Å². The molecule has 8 heteroatoms. The van der Waals surface area contributed by atoms with Crippen molar-refractivity contribution in [1.82, 2.24) is 0 Å². The summed E-state index contributed by atoms with van der Waals surface area (Å²) in [5.41, 5.74) is 5.56. The molecule has 0 saturated carbocycles. The van der Waals surface area contributed by atoms with Gasteiger partial charge < -0.3 is 20.3 Å². The fraction of sp³-hybridized carbons (Fsp3) is 0.417. The Morgan fingerprint density at radius 1 is 1.55 bits per heavy atom. The van der Waals surface area contributed by atoms with Gasteiger partial charge in [0.2, 0.25) is 0 Å². The zero-order valence-electron chi connectivity index (χ0n) is 11.2. The third-order valence-corrected chi connectivity index (χ3v) is 2.61. The topological polar surface area (TPSA) is 125 Å². The summed E-state index contributed by atoms with van der Waals surface area (Å²) in [7, 11) is 1.26. The van der Waals surface area contributed by atoms with Crippen molar-refractivity contribution in [2.24, 2.45) is 5.73 Å². The Morgan fingerprint density at radius 2 is 2.20 bits per heavy atom. The second kappa shape index (κ2) is 6.71. The number of phenolic OH excluding ortho intramolecular Hbond substituents is 1. The molecular formula is C12H16N2O6. The summed E-state index contributed by atoms with van der Waals surface area (Å²) in [6.45, 7) is 1.85. The first-order valence-corrected chi connectivity index (χ1v) is 5.87. The van der Waals surface area contributed by atoms with Crippen molar-refractivity contribution in [2.45, 2.75) is 19.4 Å². The Morgan fingerprint density at radius 3 is 2.70 bits per heavy atom. The maximum absolute atomic E-state index is 11.4. The van der Waals surface area contributed by atoms with E-state index in [2.05, 4.69) is 0 Å². The van der Waals surface area contributed by atoms with Crippen LogP contribution >= 0.6 is 0 Å². The van der Waals surface area contributed by atoms with Crippen LogP contribution in [0.15, 0.2) is 12.1 Å². The number of hydrogen-bond donors (Lipinski definition) is 2. The van der Waals surface area contributed by atoms with Crippen molar-refractivity contribution in [3.05, 3.63) is 27.8 Å². The second-order valence-corrected chi connectivity index (χ2v) is 3.96. The molecule has 0 heterocycles. The molecule has 0 radical (unpaired) electrons. The van der Waals surface area contributed by atoms with E-state index in [1.807, 2.05) is 0 Å². The number of nitro benzene ring substituents is 1. The number of hydrogen-bond acceptors (Lipinski definition) is 7. The Bertz CT molecular complexity index is 517. The van der Waals surface area contributed by atoms with E-state index in [1.54, 1.807) is 6.92 Å². The number of nitrogens with zero attached hydrogens (tertiary/aromatic N) is 1. The van der Waals surface area contributed by atoms with E-state index in [-0.39, 0.29) is 35.8 Å². The van der Waals surface area contributed by atoms with Gasteiger partial charge in [0.05, 0.1) is 31.1 Å². The van der Waals surface area contributed by atoms with E-state index in [1.165, 1.54) is 7.11 Å². The Balaban J connectivity index is 3.12. The van der Waals surface area contributed by atoms with Crippen molar-refractivity contribution in [2.75, 3.05) is 13.7 Å². The number of carbonyl (C=O) groups is 1. The van der Waals surface area contributed by atoms with Gasteiger partial charge in [0.15, 0.2) is 11.5 Å². The van der Waals surface area contributed by atoms with E-state index in [4.69, 9.17) is 15.2 Å². The summed E-state index contributed by atoms with van der Waals surface area (Å²) >= 11 is 0. The predicted octanol–water partition coefficient (Wildman–Crippen LogP) is 1.26. The number of carbonyl (C=O) groups excluding carboxylic acids is 1. The molecule has 1 aromatic rings. The number of benzene rings is 1. The van der Waals surface area contributed by atoms with Crippen molar-refractivity contribution in [1.29, 1.82) is 0 Å². The van der Waals surface area contributed by atoms with Crippen molar-refractivity contribution in [3.8, 4) is 11.5 Å². The lowest BCUT2D eigenvalue weighted by atomic mass is 10.0. The van der Waals surface area contributed by atoms with Gasteiger partial charge in [-0.2, -0.15) is 0 Å². The van der Waals surface area contributed by atoms with E-state index in [9.17, 15) is 20.0 Å². The SMILES string of the molecule is CCOC(=O)C[C@@H](N)c1cc([N+](=O)[O-])cc(OC)c1O. The first kappa shape index (κ1) is 15.7. The van der Waals surface area contributed by atoms with Gasteiger partial charge in [-0.25, -0.2) is 0 Å². The first-order chi connectivity index (χ1) is 9.40. The highest BCUT2D eigenvalue weighted by Gasteiger charge is 2.23. The molecular weight excluding hydrogens is 268 g/mol. The summed E-state index contributed by atoms with van der Waals surface area (Å²) in [6, 6.07) is 1.26. The Kier molecular flexibility index (Phi) is 5.27. The third-order valence-electron chi connectivity index (χ3n) is 2.61. The van der Waals surface area contributed by atoms with E-state index < -0.39 is 16.9 Å². The number of methoxy groups -OCH3 is 1. The fourth-order valence-corrected chi connectivity index (χ4v) is 1.67. The number of ether oxygens (including phenoxy) is 2. The molecule has 0 aliphatic rings. The lowest BCUT2D eigenvalue weighted by Crippen LogP contribution is -2.17. The number of nitro groups is 1. The third kappa shape index (κ3) is 3.58. The number of phenols is 1. The normalized spacial score (nSPS) is 11.8. The molecule has 0 bridgehead atoms. The minimum Gasteiger partial charge on any atom is -0.504 e.